The Bertz CT molecular complexity index is 505. The summed E-state index contributed by atoms with van der Waals surface area (Å²) in [6, 6.07) is 6.16. The summed E-state index contributed by atoms with van der Waals surface area (Å²) in [6.45, 7) is -2.91. The molecule has 0 atom stereocenters. The molecule has 17 heavy (non-hydrogen) atoms. The summed E-state index contributed by atoms with van der Waals surface area (Å²) in [5.41, 5.74) is 0.302. The van der Waals surface area contributed by atoms with E-state index in [0.29, 0.717) is 5.56 Å². The van der Waals surface area contributed by atoms with Gasteiger partial charge in [0.2, 0.25) is 0 Å². The minimum atomic E-state index is -2.91. The van der Waals surface area contributed by atoms with Crippen molar-refractivity contribution >= 4 is 11.6 Å². The number of ether oxygens (including phenoxy) is 1. The summed E-state index contributed by atoms with van der Waals surface area (Å²) in [6.07, 6.45) is 0. The molecule has 1 heterocycles. The van der Waals surface area contributed by atoms with Gasteiger partial charge in [-0.3, -0.25) is 0 Å². The number of halogens is 3. The normalized spacial score (nSPS) is 10.8. The second kappa shape index (κ2) is 5.09. The van der Waals surface area contributed by atoms with Gasteiger partial charge in [0.05, 0.1) is 11.4 Å². The maximum Gasteiger partial charge on any atom is 0.387 e. The average Bonchev–Trinajstić information content (AvgIpc) is 2.77. The Hall–Kier alpha value is -1.69. The zero-order valence-corrected chi connectivity index (χ0v) is 9.19. The summed E-state index contributed by atoms with van der Waals surface area (Å²) < 4.78 is 33.6. The van der Waals surface area contributed by atoms with Gasteiger partial charge in [-0.2, -0.15) is 13.8 Å². The van der Waals surface area contributed by atoms with E-state index in [-0.39, 0.29) is 23.3 Å². The van der Waals surface area contributed by atoms with Gasteiger partial charge >= 0.3 is 6.61 Å². The molecule has 0 bridgehead atoms. The first-order valence-electron chi connectivity index (χ1n) is 4.63. The first-order valence-corrected chi connectivity index (χ1v) is 5.17. The third kappa shape index (κ3) is 2.71. The monoisotopic (exact) mass is 260 g/mol. The van der Waals surface area contributed by atoms with E-state index in [1.165, 1.54) is 6.07 Å². The highest BCUT2D eigenvalue weighted by Crippen LogP contribution is 2.29. The van der Waals surface area contributed by atoms with Gasteiger partial charge in [0.25, 0.3) is 5.89 Å². The van der Waals surface area contributed by atoms with E-state index in [1.807, 2.05) is 0 Å². The van der Waals surface area contributed by atoms with Gasteiger partial charge in [-0.1, -0.05) is 17.3 Å². The topological polar surface area (TPSA) is 48.2 Å². The highest BCUT2D eigenvalue weighted by atomic mass is 35.5. The molecule has 7 heteroatoms. The average molecular weight is 261 g/mol. The summed E-state index contributed by atoms with van der Waals surface area (Å²) >= 11 is 5.52. The lowest BCUT2D eigenvalue weighted by Crippen LogP contribution is -2.03. The quantitative estimate of drug-likeness (QED) is 0.793. The molecule has 0 aliphatic rings. The van der Waals surface area contributed by atoms with Crippen molar-refractivity contribution < 1.29 is 18.0 Å². The molecule has 0 fully saturated rings. The predicted molar refractivity (Wildman–Crippen MR) is 55.9 cm³/mol. The molecule has 90 valence electrons. The molecular formula is C10H7ClF2N2O2. The fourth-order valence-corrected chi connectivity index (χ4v) is 1.37. The van der Waals surface area contributed by atoms with Crippen LogP contribution in [0.5, 0.6) is 5.75 Å². The molecule has 2 rings (SSSR count). The van der Waals surface area contributed by atoms with Crippen LogP contribution in [0.15, 0.2) is 28.8 Å². The zero-order chi connectivity index (χ0) is 12.3. The maximum atomic E-state index is 12.2. The largest absolute Gasteiger partial charge is 0.434 e. The van der Waals surface area contributed by atoms with Gasteiger partial charge < -0.3 is 9.26 Å². The number of para-hydroxylation sites is 1. The molecule has 4 nitrogen and oxygen atoms in total. The minimum Gasteiger partial charge on any atom is -0.434 e. The summed E-state index contributed by atoms with van der Waals surface area (Å²) in [5, 5.41) is 3.57. The molecule has 0 unspecified atom stereocenters. The molecule has 0 radical (unpaired) electrons. The Balaban J connectivity index is 2.36. The molecule has 0 amide bonds. The van der Waals surface area contributed by atoms with Crippen LogP contribution in [-0.2, 0) is 5.88 Å². The smallest absolute Gasteiger partial charge is 0.387 e. The predicted octanol–water partition coefficient (Wildman–Crippen LogP) is 3.08. The number of alkyl halides is 3. The molecule has 0 aliphatic carbocycles. The summed E-state index contributed by atoms with van der Waals surface area (Å²) in [4.78, 5) is 3.93. The van der Waals surface area contributed by atoms with Crippen molar-refractivity contribution in [2.75, 3.05) is 0 Å². The van der Waals surface area contributed by atoms with Crippen molar-refractivity contribution in [1.29, 1.82) is 0 Å². The van der Waals surface area contributed by atoms with Crippen LogP contribution < -0.4 is 4.74 Å². The van der Waals surface area contributed by atoms with Crippen molar-refractivity contribution in [3.05, 3.63) is 30.1 Å². The van der Waals surface area contributed by atoms with E-state index in [0.717, 1.165) is 0 Å². The molecule has 0 N–H and O–H groups in total. The second-order valence-corrected chi connectivity index (χ2v) is 3.29. The number of nitrogens with zero attached hydrogens (tertiary/aromatic N) is 2. The fraction of sp³-hybridized carbons (Fsp3) is 0.200. The van der Waals surface area contributed by atoms with Gasteiger partial charge in [-0.15, -0.1) is 11.6 Å². The number of rotatable bonds is 4. The Labute approximate surface area is 100 Å². The molecule has 0 spiro atoms. The van der Waals surface area contributed by atoms with Crippen LogP contribution in [0.4, 0.5) is 8.78 Å². The SMILES string of the molecule is FC(F)Oc1ccccc1-c1nc(CCl)no1. The first-order chi connectivity index (χ1) is 8.20. The van der Waals surface area contributed by atoms with Crippen LogP contribution in [0.3, 0.4) is 0 Å². The number of aromatic nitrogens is 2. The van der Waals surface area contributed by atoms with E-state index < -0.39 is 6.61 Å². The van der Waals surface area contributed by atoms with Crippen LogP contribution in [0.2, 0.25) is 0 Å². The standard InChI is InChI=1S/C10H7ClF2N2O2/c11-5-8-14-9(17-15-8)6-3-1-2-4-7(6)16-10(12)13/h1-4,10H,5H2. The third-order valence-corrected chi connectivity index (χ3v) is 2.16. The lowest BCUT2D eigenvalue weighted by atomic mass is 10.2. The van der Waals surface area contributed by atoms with Crippen molar-refractivity contribution in [1.82, 2.24) is 10.1 Å². The molecule has 0 saturated carbocycles. The van der Waals surface area contributed by atoms with Crippen molar-refractivity contribution in [3.8, 4) is 17.2 Å². The number of hydrogen-bond acceptors (Lipinski definition) is 4. The Morgan fingerprint density at radius 2 is 2.12 bits per heavy atom. The number of benzene rings is 1. The van der Waals surface area contributed by atoms with Gasteiger partial charge in [-0.05, 0) is 12.1 Å². The highest BCUT2D eigenvalue weighted by molar-refractivity contribution is 6.16. The molecule has 0 saturated heterocycles. The van der Waals surface area contributed by atoms with Crippen LogP contribution in [0.25, 0.3) is 11.5 Å². The van der Waals surface area contributed by atoms with E-state index in [1.54, 1.807) is 18.2 Å². The second-order valence-electron chi connectivity index (χ2n) is 3.02. The van der Waals surface area contributed by atoms with Crippen LogP contribution >= 0.6 is 11.6 Å². The van der Waals surface area contributed by atoms with Gasteiger partial charge in [0, 0.05) is 0 Å². The van der Waals surface area contributed by atoms with Crippen molar-refractivity contribution in [2.24, 2.45) is 0 Å². The third-order valence-electron chi connectivity index (χ3n) is 1.92. The fourth-order valence-electron chi connectivity index (χ4n) is 1.26. The Morgan fingerprint density at radius 1 is 1.35 bits per heavy atom. The highest BCUT2D eigenvalue weighted by Gasteiger charge is 2.15. The Morgan fingerprint density at radius 3 is 2.76 bits per heavy atom. The molecule has 1 aromatic carbocycles. The van der Waals surface area contributed by atoms with E-state index >= 15 is 0 Å². The molecule has 1 aromatic heterocycles. The van der Waals surface area contributed by atoms with Gasteiger partial charge in [0.1, 0.15) is 5.75 Å². The van der Waals surface area contributed by atoms with Crippen LogP contribution in [0, 0.1) is 0 Å². The lowest BCUT2D eigenvalue weighted by Gasteiger charge is -2.06. The minimum absolute atomic E-state index is 0.0210. The molecule has 2 aromatic rings. The van der Waals surface area contributed by atoms with Crippen molar-refractivity contribution in [3.63, 3.8) is 0 Å². The lowest BCUT2D eigenvalue weighted by molar-refractivity contribution is -0.0495. The van der Waals surface area contributed by atoms with E-state index in [4.69, 9.17) is 16.1 Å². The van der Waals surface area contributed by atoms with E-state index in [9.17, 15) is 8.78 Å². The number of hydrogen-bond donors (Lipinski definition) is 0. The zero-order valence-electron chi connectivity index (χ0n) is 8.44. The Kier molecular flexibility index (Phi) is 3.53. The summed E-state index contributed by atoms with van der Waals surface area (Å²) in [7, 11) is 0. The molecule has 0 aliphatic heterocycles. The van der Waals surface area contributed by atoms with Crippen LogP contribution in [-0.4, -0.2) is 16.8 Å². The van der Waals surface area contributed by atoms with E-state index in [2.05, 4.69) is 14.9 Å². The van der Waals surface area contributed by atoms with Gasteiger partial charge in [-0.25, -0.2) is 0 Å². The maximum absolute atomic E-state index is 12.2. The molecular weight excluding hydrogens is 254 g/mol. The van der Waals surface area contributed by atoms with Crippen molar-refractivity contribution in [2.45, 2.75) is 12.5 Å². The van der Waals surface area contributed by atoms with Gasteiger partial charge in [0.15, 0.2) is 5.82 Å². The summed E-state index contributed by atoms with van der Waals surface area (Å²) in [5.74, 6) is 0.444. The first kappa shape index (κ1) is 11.8. The van der Waals surface area contributed by atoms with Crippen LogP contribution in [0.1, 0.15) is 5.82 Å².